The van der Waals surface area contributed by atoms with Crippen molar-refractivity contribution in [2.24, 2.45) is 0 Å². The number of nitrogens with zero attached hydrogens (tertiary/aromatic N) is 1. The van der Waals surface area contributed by atoms with Gasteiger partial charge < -0.3 is 4.74 Å². The van der Waals surface area contributed by atoms with Crippen LogP contribution in [0.4, 0.5) is 0 Å². The zero-order chi connectivity index (χ0) is 9.97. The van der Waals surface area contributed by atoms with Crippen LogP contribution in [-0.2, 0) is 22.5 Å². The van der Waals surface area contributed by atoms with E-state index in [4.69, 9.17) is 4.74 Å². The van der Waals surface area contributed by atoms with Crippen LogP contribution in [-0.4, -0.2) is 12.6 Å². The molecule has 2 rings (SSSR count). The van der Waals surface area contributed by atoms with Crippen LogP contribution >= 0.6 is 11.3 Å². The van der Waals surface area contributed by atoms with Crippen molar-refractivity contribution in [3.63, 3.8) is 0 Å². The van der Waals surface area contributed by atoms with Crippen LogP contribution < -0.4 is 4.57 Å². The maximum absolute atomic E-state index is 11.1. The molecule has 0 aromatic carbocycles. The van der Waals surface area contributed by atoms with E-state index in [9.17, 15) is 4.79 Å². The molecular weight excluding hydrogens is 198 g/mol. The van der Waals surface area contributed by atoms with Gasteiger partial charge in [-0.25, -0.2) is 0 Å². The zero-order valence-corrected chi connectivity index (χ0v) is 9.10. The Morgan fingerprint density at radius 1 is 1.50 bits per heavy atom. The fourth-order valence-corrected chi connectivity index (χ4v) is 2.64. The normalized spacial score (nSPS) is 17.6. The third-order valence-corrected chi connectivity index (χ3v) is 3.67. The SMILES string of the molecule is Cc1c2sc[n+]1CCCC(=O)OCC2. The van der Waals surface area contributed by atoms with Gasteiger partial charge in [0.25, 0.3) is 0 Å². The van der Waals surface area contributed by atoms with Crippen molar-refractivity contribution in [3.8, 4) is 0 Å². The Morgan fingerprint density at radius 2 is 2.36 bits per heavy atom. The van der Waals surface area contributed by atoms with Crippen molar-refractivity contribution in [1.82, 2.24) is 0 Å². The van der Waals surface area contributed by atoms with E-state index in [-0.39, 0.29) is 5.97 Å². The molecule has 0 aliphatic carbocycles. The van der Waals surface area contributed by atoms with E-state index in [1.165, 1.54) is 10.6 Å². The minimum atomic E-state index is -0.0595. The van der Waals surface area contributed by atoms with Crippen molar-refractivity contribution in [2.75, 3.05) is 6.61 Å². The molecule has 14 heavy (non-hydrogen) atoms. The second-order valence-electron chi connectivity index (χ2n) is 3.50. The van der Waals surface area contributed by atoms with E-state index >= 15 is 0 Å². The van der Waals surface area contributed by atoms with Gasteiger partial charge in [-0.15, -0.1) is 0 Å². The number of aromatic nitrogens is 1. The molecule has 3 nitrogen and oxygen atoms in total. The van der Waals surface area contributed by atoms with Crippen LogP contribution in [0.25, 0.3) is 0 Å². The number of esters is 1. The molecule has 76 valence electrons. The molecule has 0 fully saturated rings. The van der Waals surface area contributed by atoms with E-state index in [1.54, 1.807) is 11.3 Å². The molecule has 2 heterocycles. The van der Waals surface area contributed by atoms with Crippen molar-refractivity contribution >= 4 is 17.3 Å². The van der Waals surface area contributed by atoms with E-state index in [2.05, 4.69) is 17.0 Å². The molecule has 2 bridgehead atoms. The number of carbonyl (C=O) groups excluding carboxylic acids is 1. The molecule has 0 saturated heterocycles. The number of aryl methyl sites for hydroxylation is 1. The van der Waals surface area contributed by atoms with Crippen molar-refractivity contribution in [2.45, 2.75) is 32.7 Å². The van der Waals surface area contributed by atoms with Crippen LogP contribution in [0.1, 0.15) is 23.4 Å². The summed E-state index contributed by atoms with van der Waals surface area (Å²) >= 11 is 1.76. The second-order valence-corrected chi connectivity index (χ2v) is 4.44. The molecule has 0 saturated carbocycles. The van der Waals surface area contributed by atoms with Gasteiger partial charge in [0.15, 0.2) is 5.69 Å². The average molecular weight is 212 g/mol. The number of hydrogen-bond acceptors (Lipinski definition) is 3. The third kappa shape index (κ3) is 1.95. The number of fused-ring (bicyclic) bond motifs is 2. The first-order valence-corrected chi connectivity index (χ1v) is 5.77. The Bertz CT molecular complexity index is 316. The minimum absolute atomic E-state index is 0.0595. The zero-order valence-electron chi connectivity index (χ0n) is 8.28. The van der Waals surface area contributed by atoms with Crippen LogP contribution in [0.2, 0.25) is 0 Å². The maximum atomic E-state index is 11.1. The van der Waals surface area contributed by atoms with Crippen LogP contribution in [0.15, 0.2) is 5.51 Å². The summed E-state index contributed by atoms with van der Waals surface area (Å²) in [6.45, 7) is 3.59. The predicted octanol–water partition coefficient (Wildman–Crippen LogP) is 1.22. The summed E-state index contributed by atoms with van der Waals surface area (Å²) in [7, 11) is 0. The summed E-state index contributed by atoms with van der Waals surface area (Å²) in [6, 6.07) is 0. The fraction of sp³-hybridized carbons (Fsp3) is 0.600. The Morgan fingerprint density at radius 3 is 3.21 bits per heavy atom. The van der Waals surface area contributed by atoms with Gasteiger partial charge in [-0.3, -0.25) is 4.79 Å². The number of cyclic esters (lactones) is 1. The molecule has 0 N–H and O–H groups in total. The Balaban J connectivity index is 2.18. The third-order valence-electron chi connectivity index (χ3n) is 2.53. The molecule has 1 aliphatic rings. The summed E-state index contributed by atoms with van der Waals surface area (Å²) in [4.78, 5) is 12.5. The highest BCUT2D eigenvalue weighted by Gasteiger charge is 2.17. The molecule has 1 aromatic rings. The molecular formula is C10H14NO2S+. The first-order valence-electron chi connectivity index (χ1n) is 4.89. The molecule has 4 heteroatoms. The summed E-state index contributed by atoms with van der Waals surface area (Å²) < 4.78 is 7.33. The van der Waals surface area contributed by atoms with Gasteiger partial charge in [-0.2, -0.15) is 4.57 Å². The smallest absolute Gasteiger partial charge is 0.306 e. The van der Waals surface area contributed by atoms with Gasteiger partial charge in [-0.05, 0) is 0 Å². The topological polar surface area (TPSA) is 30.2 Å². The summed E-state index contributed by atoms with van der Waals surface area (Å²) in [5.41, 5.74) is 3.47. The highest BCUT2D eigenvalue weighted by atomic mass is 32.1. The highest BCUT2D eigenvalue weighted by molar-refractivity contribution is 7.09. The lowest BCUT2D eigenvalue weighted by Crippen LogP contribution is -2.35. The van der Waals surface area contributed by atoms with Gasteiger partial charge >= 0.3 is 5.97 Å². The Kier molecular flexibility index (Phi) is 2.82. The number of thiazole rings is 1. The van der Waals surface area contributed by atoms with Gasteiger partial charge in [0.1, 0.15) is 6.54 Å². The van der Waals surface area contributed by atoms with Gasteiger partial charge in [0.2, 0.25) is 5.51 Å². The molecule has 0 unspecified atom stereocenters. The van der Waals surface area contributed by atoms with E-state index in [1.807, 2.05) is 0 Å². The first kappa shape index (κ1) is 9.65. The lowest BCUT2D eigenvalue weighted by Gasteiger charge is -2.04. The second kappa shape index (κ2) is 4.09. The van der Waals surface area contributed by atoms with Crippen LogP contribution in [0.3, 0.4) is 0 Å². The largest absolute Gasteiger partial charge is 0.465 e. The Hall–Kier alpha value is -0.900. The number of rotatable bonds is 0. The van der Waals surface area contributed by atoms with Crippen molar-refractivity contribution in [3.05, 3.63) is 16.1 Å². The lowest BCUT2D eigenvalue weighted by atomic mass is 10.2. The fourth-order valence-electron chi connectivity index (χ4n) is 1.64. The molecule has 0 radical (unpaired) electrons. The number of hydrogen-bond donors (Lipinski definition) is 0. The lowest BCUT2D eigenvalue weighted by molar-refractivity contribution is -0.698. The van der Waals surface area contributed by atoms with Crippen LogP contribution in [0, 0.1) is 6.92 Å². The quantitative estimate of drug-likeness (QED) is 0.478. The molecule has 1 aliphatic heterocycles. The average Bonchev–Trinajstić information content (AvgIpc) is 2.50. The number of ether oxygens (including phenoxy) is 1. The highest BCUT2D eigenvalue weighted by Crippen LogP contribution is 2.13. The maximum Gasteiger partial charge on any atom is 0.306 e. The van der Waals surface area contributed by atoms with Crippen molar-refractivity contribution < 1.29 is 14.1 Å². The summed E-state index contributed by atoms with van der Waals surface area (Å²) in [5, 5.41) is 0. The first-order chi connectivity index (χ1) is 6.77. The minimum Gasteiger partial charge on any atom is -0.465 e. The van der Waals surface area contributed by atoms with E-state index in [0.717, 1.165) is 19.4 Å². The molecule has 0 atom stereocenters. The molecule has 0 spiro atoms. The van der Waals surface area contributed by atoms with E-state index < -0.39 is 0 Å². The van der Waals surface area contributed by atoms with Crippen molar-refractivity contribution in [1.29, 1.82) is 0 Å². The monoisotopic (exact) mass is 212 g/mol. The van der Waals surface area contributed by atoms with Gasteiger partial charge in [-0.1, -0.05) is 11.3 Å². The molecule has 0 amide bonds. The standard InChI is InChI=1S/C10H14NO2S/c1-8-9-4-6-13-10(12)3-2-5-11(8)7-14-9/h7H,2-6H2,1H3/q+1. The summed E-state index contributed by atoms with van der Waals surface area (Å²) in [5.74, 6) is -0.0595. The molecule has 1 aromatic heterocycles. The Labute approximate surface area is 87.3 Å². The van der Waals surface area contributed by atoms with Crippen LogP contribution in [0.5, 0.6) is 0 Å². The van der Waals surface area contributed by atoms with E-state index in [0.29, 0.717) is 13.0 Å². The number of carbonyl (C=O) groups is 1. The van der Waals surface area contributed by atoms with Gasteiger partial charge in [0.05, 0.1) is 17.9 Å². The summed E-state index contributed by atoms with van der Waals surface area (Å²) in [6.07, 6.45) is 2.27. The van der Waals surface area contributed by atoms with Gasteiger partial charge in [0, 0.05) is 19.8 Å². The predicted molar refractivity (Wildman–Crippen MR) is 53.1 cm³/mol.